The van der Waals surface area contributed by atoms with Gasteiger partial charge >= 0.3 is 0 Å². The zero-order chi connectivity index (χ0) is 21.6. The monoisotopic (exact) mass is 462 g/mol. The molecule has 0 saturated carbocycles. The van der Waals surface area contributed by atoms with Gasteiger partial charge in [0, 0.05) is 5.41 Å². The van der Waals surface area contributed by atoms with E-state index in [4.69, 9.17) is 49.4 Å². The highest BCUT2D eigenvalue weighted by Crippen LogP contribution is 2.40. The molecule has 0 aliphatic heterocycles. The average molecular weight is 464 g/mol. The Balaban J connectivity index is 2.19. The second kappa shape index (κ2) is 10.7. The average Bonchev–Trinajstić information content (AvgIpc) is 2.71. The number of halogens is 3. The van der Waals surface area contributed by atoms with Crippen molar-refractivity contribution in [3.05, 3.63) is 57.6 Å². The third kappa shape index (κ3) is 6.38. The molecule has 3 N–H and O–H groups in total. The van der Waals surface area contributed by atoms with Crippen LogP contribution in [0.25, 0.3) is 0 Å². The molecule has 0 unspecified atom stereocenters. The predicted octanol–water partition coefficient (Wildman–Crippen LogP) is 4.03. The SMILES string of the molecule is CC(C)(c1ccc(OC[C@H](O)CO)cc1)c1cc(Cl)c(OC[C@@H](O)CCl)c(Cl)c1. The van der Waals surface area contributed by atoms with Gasteiger partial charge in [-0.1, -0.05) is 49.2 Å². The summed E-state index contributed by atoms with van der Waals surface area (Å²) in [4.78, 5) is 0. The number of benzene rings is 2. The number of ether oxygens (including phenoxy) is 2. The van der Waals surface area contributed by atoms with Crippen LogP contribution in [0.2, 0.25) is 10.0 Å². The third-order valence-corrected chi connectivity index (χ3v) is 5.47. The molecule has 0 bridgehead atoms. The molecule has 160 valence electrons. The molecule has 0 aliphatic carbocycles. The van der Waals surface area contributed by atoms with Gasteiger partial charge in [-0.05, 0) is 35.4 Å². The van der Waals surface area contributed by atoms with Crippen LogP contribution in [0.15, 0.2) is 36.4 Å². The van der Waals surface area contributed by atoms with Gasteiger partial charge in [0.05, 0.1) is 22.5 Å². The Labute approximate surface area is 185 Å². The normalized spacial score (nSPS) is 13.8. The fraction of sp³-hybridized carbons (Fsp3) is 0.429. The summed E-state index contributed by atoms with van der Waals surface area (Å²) in [5.74, 6) is 0.955. The van der Waals surface area contributed by atoms with Crippen LogP contribution in [-0.4, -0.2) is 53.2 Å². The minimum absolute atomic E-state index is 0.00187. The maximum absolute atomic E-state index is 9.56. The first-order valence-electron chi connectivity index (χ1n) is 9.07. The minimum atomic E-state index is -0.915. The van der Waals surface area contributed by atoms with E-state index < -0.39 is 17.6 Å². The van der Waals surface area contributed by atoms with Crippen LogP contribution in [0.3, 0.4) is 0 Å². The highest BCUT2D eigenvalue weighted by Gasteiger charge is 2.26. The molecule has 2 atom stereocenters. The molecule has 2 rings (SSSR count). The van der Waals surface area contributed by atoms with Gasteiger partial charge in [-0.3, -0.25) is 0 Å². The number of alkyl halides is 1. The van der Waals surface area contributed by atoms with E-state index in [0.717, 1.165) is 11.1 Å². The van der Waals surface area contributed by atoms with Gasteiger partial charge in [0.25, 0.3) is 0 Å². The molecule has 2 aromatic carbocycles. The highest BCUT2D eigenvalue weighted by molar-refractivity contribution is 6.37. The van der Waals surface area contributed by atoms with E-state index >= 15 is 0 Å². The van der Waals surface area contributed by atoms with Crippen molar-refractivity contribution in [3.8, 4) is 11.5 Å². The van der Waals surface area contributed by atoms with Crippen molar-refractivity contribution < 1.29 is 24.8 Å². The molecule has 0 amide bonds. The minimum Gasteiger partial charge on any atom is -0.491 e. The van der Waals surface area contributed by atoms with Crippen LogP contribution in [0, 0.1) is 0 Å². The zero-order valence-electron chi connectivity index (χ0n) is 16.2. The first-order valence-corrected chi connectivity index (χ1v) is 10.4. The van der Waals surface area contributed by atoms with Crippen LogP contribution in [0.5, 0.6) is 11.5 Å². The number of aliphatic hydroxyl groups excluding tert-OH is 3. The van der Waals surface area contributed by atoms with Crippen molar-refractivity contribution in [2.24, 2.45) is 0 Å². The summed E-state index contributed by atoms with van der Waals surface area (Å²) in [6.07, 6.45) is -1.72. The zero-order valence-corrected chi connectivity index (χ0v) is 18.5. The predicted molar refractivity (Wildman–Crippen MR) is 116 cm³/mol. The molecule has 0 heterocycles. The molecule has 0 aliphatic rings. The Morgan fingerprint density at radius 1 is 0.897 bits per heavy atom. The number of hydrogen-bond acceptors (Lipinski definition) is 5. The molecule has 8 heteroatoms. The number of rotatable bonds is 10. The van der Waals surface area contributed by atoms with Gasteiger partial charge in [0.15, 0.2) is 5.75 Å². The largest absolute Gasteiger partial charge is 0.491 e. The maximum atomic E-state index is 9.56. The molecule has 0 aromatic heterocycles. The summed E-state index contributed by atoms with van der Waals surface area (Å²) >= 11 is 18.3. The summed E-state index contributed by atoms with van der Waals surface area (Å²) in [5.41, 5.74) is 1.48. The van der Waals surface area contributed by atoms with Crippen LogP contribution < -0.4 is 9.47 Å². The van der Waals surface area contributed by atoms with E-state index in [0.29, 0.717) is 21.5 Å². The van der Waals surface area contributed by atoms with Crippen LogP contribution >= 0.6 is 34.8 Å². The molecule has 2 aromatic rings. The van der Waals surface area contributed by atoms with Gasteiger partial charge in [0.2, 0.25) is 0 Å². The third-order valence-electron chi connectivity index (χ3n) is 4.55. The Morgan fingerprint density at radius 2 is 1.45 bits per heavy atom. The standard InChI is InChI=1S/C21H25Cl3O5/c1-21(2,13-3-5-17(6-4-13)28-12-16(27)10-25)14-7-18(23)20(19(24)8-14)29-11-15(26)9-22/h3-8,15-16,25-27H,9-12H2,1-2H3/t15-,16+/m0/s1. The van der Waals surface area contributed by atoms with E-state index in [1.165, 1.54) is 0 Å². The molecule has 0 radical (unpaired) electrons. The van der Waals surface area contributed by atoms with Crippen LogP contribution in [0.1, 0.15) is 25.0 Å². The Bertz CT molecular complexity index is 772. The van der Waals surface area contributed by atoms with Crippen molar-refractivity contribution in [1.29, 1.82) is 0 Å². The lowest BCUT2D eigenvalue weighted by Gasteiger charge is -2.27. The lowest BCUT2D eigenvalue weighted by Crippen LogP contribution is -2.22. The smallest absolute Gasteiger partial charge is 0.156 e. The van der Waals surface area contributed by atoms with E-state index in [2.05, 4.69) is 0 Å². The summed E-state index contributed by atoms with van der Waals surface area (Å²) < 4.78 is 11.0. The molecule has 29 heavy (non-hydrogen) atoms. The summed E-state index contributed by atoms with van der Waals surface area (Å²) in [5, 5.41) is 28.5. The van der Waals surface area contributed by atoms with E-state index in [1.807, 2.05) is 26.0 Å². The maximum Gasteiger partial charge on any atom is 0.156 e. The van der Waals surface area contributed by atoms with Gasteiger partial charge in [-0.15, -0.1) is 11.6 Å². The summed E-state index contributed by atoms with van der Waals surface area (Å²) in [6.45, 7) is 3.75. The van der Waals surface area contributed by atoms with Gasteiger partial charge < -0.3 is 24.8 Å². The van der Waals surface area contributed by atoms with Gasteiger partial charge in [-0.2, -0.15) is 0 Å². The summed E-state index contributed by atoms with van der Waals surface area (Å²) in [6, 6.07) is 11.0. The van der Waals surface area contributed by atoms with Crippen LogP contribution in [-0.2, 0) is 5.41 Å². The van der Waals surface area contributed by atoms with Crippen LogP contribution in [0.4, 0.5) is 0 Å². The number of aliphatic hydroxyl groups is 3. The van der Waals surface area contributed by atoms with Crippen molar-refractivity contribution in [2.75, 3.05) is 25.7 Å². The first-order chi connectivity index (χ1) is 13.7. The Morgan fingerprint density at radius 3 is 1.97 bits per heavy atom. The second-order valence-corrected chi connectivity index (χ2v) is 8.31. The Kier molecular flexibility index (Phi) is 8.89. The van der Waals surface area contributed by atoms with Crippen molar-refractivity contribution in [1.82, 2.24) is 0 Å². The molecular weight excluding hydrogens is 439 g/mol. The van der Waals surface area contributed by atoms with Crippen molar-refractivity contribution >= 4 is 34.8 Å². The van der Waals surface area contributed by atoms with Gasteiger partial charge in [-0.25, -0.2) is 0 Å². The second-order valence-electron chi connectivity index (χ2n) is 7.18. The Hall–Kier alpha value is -1.21. The topological polar surface area (TPSA) is 79.2 Å². The molecular formula is C21H25Cl3O5. The molecule has 0 spiro atoms. The van der Waals surface area contributed by atoms with Gasteiger partial charge in [0.1, 0.15) is 31.2 Å². The lowest BCUT2D eigenvalue weighted by molar-refractivity contribution is 0.0536. The van der Waals surface area contributed by atoms with E-state index in [-0.39, 0.29) is 25.7 Å². The summed E-state index contributed by atoms with van der Waals surface area (Å²) in [7, 11) is 0. The number of hydrogen-bond donors (Lipinski definition) is 3. The fourth-order valence-corrected chi connectivity index (χ4v) is 3.35. The molecule has 0 saturated heterocycles. The molecule has 5 nitrogen and oxygen atoms in total. The quantitative estimate of drug-likeness (QED) is 0.464. The van der Waals surface area contributed by atoms with Crippen molar-refractivity contribution in [3.63, 3.8) is 0 Å². The highest BCUT2D eigenvalue weighted by atomic mass is 35.5. The fourth-order valence-electron chi connectivity index (χ4n) is 2.66. The van der Waals surface area contributed by atoms with E-state index in [1.54, 1.807) is 24.3 Å². The molecule has 0 fully saturated rings. The van der Waals surface area contributed by atoms with Crippen molar-refractivity contribution in [2.45, 2.75) is 31.5 Å². The van der Waals surface area contributed by atoms with E-state index in [9.17, 15) is 10.2 Å². The lowest BCUT2D eigenvalue weighted by atomic mass is 9.78. The first kappa shape index (κ1) is 24.1.